The fourth-order valence-corrected chi connectivity index (χ4v) is 3.25. The van der Waals surface area contributed by atoms with Gasteiger partial charge in [-0.2, -0.15) is 0 Å². The highest BCUT2D eigenvalue weighted by molar-refractivity contribution is 8.14. The van der Waals surface area contributed by atoms with E-state index in [0.717, 1.165) is 27.9 Å². The lowest BCUT2D eigenvalue weighted by Crippen LogP contribution is -2.12. The average Bonchev–Trinajstić information content (AvgIpc) is 3.11. The molecule has 0 saturated heterocycles. The van der Waals surface area contributed by atoms with Crippen molar-refractivity contribution in [1.29, 1.82) is 0 Å². The number of nitrogens with one attached hydrogen (secondary N) is 1. The fourth-order valence-electron chi connectivity index (χ4n) is 1.82. The van der Waals surface area contributed by atoms with Gasteiger partial charge in [-0.15, -0.1) is 11.3 Å². The Labute approximate surface area is 123 Å². The Morgan fingerprint density at radius 2 is 2.35 bits per heavy atom. The molecule has 3 heterocycles. The van der Waals surface area contributed by atoms with Crippen LogP contribution in [0.1, 0.15) is 10.4 Å². The molecular formula is C13H11N3O2S2. The zero-order chi connectivity index (χ0) is 13.9. The maximum atomic E-state index is 11.4. The van der Waals surface area contributed by atoms with Gasteiger partial charge in [0.1, 0.15) is 11.4 Å². The van der Waals surface area contributed by atoms with Gasteiger partial charge in [0.15, 0.2) is 5.17 Å². The molecule has 1 aliphatic rings. The molecule has 0 bridgehead atoms. The zero-order valence-electron chi connectivity index (χ0n) is 10.4. The second-order valence-electron chi connectivity index (χ2n) is 4.06. The summed E-state index contributed by atoms with van der Waals surface area (Å²) in [6, 6.07) is 5.51. The van der Waals surface area contributed by atoms with Crippen LogP contribution in [0, 0.1) is 0 Å². The smallest absolute Gasteiger partial charge is 0.339 e. The first kappa shape index (κ1) is 13.1. The Morgan fingerprint density at radius 1 is 1.45 bits per heavy atom. The minimum Gasteiger partial charge on any atom is -0.478 e. The number of carboxylic acids is 1. The van der Waals surface area contributed by atoms with Crippen molar-refractivity contribution in [3.05, 3.63) is 35.3 Å². The second-order valence-corrected chi connectivity index (χ2v) is 6.09. The minimum atomic E-state index is -0.998. The van der Waals surface area contributed by atoms with E-state index in [0.29, 0.717) is 5.82 Å². The van der Waals surface area contributed by atoms with Crippen LogP contribution in [0.15, 0.2) is 34.8 Å². The summed E-state index contributed by atoms with van der Waals surface area (Å²) < 4.78 is 0. The molecule has 0 aliphatic carbocycles. The van der Waals surface area contributed by atoms with Crippen molar-refractivity contribution in [2.45, 2.75) is 0 Å². The lowest BCUT2D eigenvalue weighted by Gasteiger charge is -2.09. The highest BCUT2D eigenvalue weighted by Gasteiger charge is 2.16. The van der Waals surface area contributed by atoms with Crippen LogP contribution in [-0.4, -0.2) is 33.5 Å². The van der Waals surface area contributed by atoms with E-state index in [1.807, 2.05) is 17.5 Å². The average molecular weight is 305 g/mol. The number of hydrogen-bond acceptors (Lipinski definition) is 6. The number of thioether (sulfide) groups is 1. The first-order valence-electron chi connectivity index (χ1n) is 5.95. The molecule has 0 spiro atoms. The monoisotopic (exact) mass is 305 g/mol. The van der Waals surface area contributed by atoms with Crippen molar-refractivity contribution in [1.82, 2.24) is 4.98 Å². The number of aliphatic imine (C=N–C) groups is 1. The van der Waals surface area contributed by atoms with Gasteiger partial charge in [-0.05, 0) is 17.5 Å². The molecule has 2 N–H and O–H groups in total. The quantitative estimate of drug-likeness (QED) is 0.911. The molecule has 20 heavy (non-hydrogen) atoms. The number of amidine groups is 1. The van der Waals surface area contributed by atoms with Crippen LogP contribution in [0.4, 0.5) is 5.82 Å². The van der Waals surface area contributed by atoms with Gasteiger partial charge in [-0.3, -0.25) is 4.99 Å². The molecule has 0 saturated carbocycles. The summed E-state index contributed by atoms with van der Waals surface area (Å²) in [5.41, 5.74) is 0.968. The first-order valence-corrected chi connectivity index (χ1v) is 7.82. The normalized spacial score (nSPS) is 14.1. The third kappa shape index (κ3) is 2.68. The standard InChI is InChI=1S/C13H11N3O2S2/c17-12(18)9-6-8(10-2-1-4-19-10)7-15-11(9)16-13-14-3-5-20-13/h1-2,4,6-7H,3,5H2,(H,17,18)(H,14,15,16). The number of aromatic carboxylic acids is 1. The lowest BCUT2D eigenvalue weighted by atomic mass is 10.1. The van der Waals surface area contributed by atoms with E-state index in [2.05, 4.69) is 15.3 Å². The number of hydrogen-bond donors (Lipinski definition) is 2. The number of nitrogens with zero attached hydrogens (tertiary/aromatic N) is 2. The molecule has 1 aliphatic heterocycles. The maximum absolute atomic E-state index is 11.4. The van der Waals surface area contributed by atoms with E-state index in [1.54, 1.807) is 35.4 Å². The third-order valence-corrected chi connectivity index (χ3v) is 4.54. The van der Waals surface area contributed by atoms with Crippen LogP contribution in [0.5, 0.6) is 0 Å². The van der Waals surface area contributed by atoms with Gasteiger partial charge >= 0.3 is 5.97 Å². The Bertz CT molecular complexity index is 668. The van der Waals surface area contributed by atoms with Gasteiger partial charge in [0, 0.05) is 22.4 Å². The summed E-state index contributed by atoms with van der Waals surface area (Å²) in [7, 11) is 0. The number of rotatable bonds is 3. The summed E-state index contributed by atoms with van der Waals surface area (Å²) in [6.07, 6.45) is 1.68. The van der Waals surface area contributed by atoms with Crippen LogP contribution in [0.3, 0.4) is 0 Å². The molecule has 7 heteroatoms. The topological polar surface area (TPSA) is 74.6 Å². The van der Waals surface area contributed by atoms with E-state index in [1.165, 1.54) is 0 Å². The molecule has 0 amide bonds. The van der Waals surface area contributed by atoms with Crippen LogP contribution >= 0.6 is 23.1 Å². The predicted molar refractivity (Wildman–Crippen MR) is 82.9 cm³/mol. The SMILES string of the molecule is O=C(O)c1cc(-c2cccs2)cnc1NC1=NCCS1. The Balaban J connectivity index is 1.96. The Kier molecular flexibility index (Phi) is 3.70. The van der Waals surface area contributed by atoms with Crippen molar-refractivity contribution >= 4 is 40.1 Å². The number of pyridine rings is 1. The van der Waals surface area contributed by atoms with Crippen molar-refractivity contribution in [3.8, 4) is 10.4 Å². The maximum Gasteiger partial charge on any atom is 0.339 e. The zero-order valence-corrected chi connectivity index (χ0v) is 12.0. The van der Waals surface area contributed by atoms with Crippen LogP contribution in [0.2, 0.25) is 0 Å². The van der Waals surface area contributed by atoms with Gasteiger partial charge < -0.3 is 10.4 Å². The van der Waals surface area contributed by atoms with E-state index >= 15 is 0 Å². The summed E-state index contributed by atoms with van der Waals surface area (Å²) in [5, 5.41) is 15.0. The van der Waals surface area contributed by atoms with E-state index < -0.39 is 5.97 Å². The molecule has 0 radical (unpaired) electrons. The van der Waals surface area contributed by atoms with Crippen molar-refractivity contribution in [2.24, 2.45) is 4.99 Å². The minimum absolute atomic E-state index is 0.158. The summed E-state index contributed by atoms with van der Waals surface area (Å²) in [5.74, 6) is 0.255. The predicted octanol–water partition coefficient (Wildman–Crippen LogP) is 3.02. The molecule has 0 atom stereocenters. The number of carboxylic acid groups (broad SMARTS) is 1. The van der Waals surface area contributed by atoms with Crippen molar-refractivity contribution < 1.29 is 9.90 Å². The summed E-state index contributed by atoms with van der Waals surface area (Å²) in [4.78, 5) is 20.9. The van der Waals surface area contributed by atoms with Crippen molar-refractivity contribution in [2.75, 3.05) is 17.6 Å². The highest BCUT2D eigenvalue weighted by Crippen LogP contribution is 2.27. The number of carbonyl (C=O) groups is 1. The molecular weight excluding hydrogens is 294 g/mol. The van der Waals surface area contributed by atoms with Crippen LogP contribution in [0.25, 0.3) is 10.4 Å². The summed E-state index contributed by atoms with van der Waals surface area (Å²) in [6.45, 7) is 0.753. The van der Waals surface area contributed by atoms with E-state index in [9.17, 15) is 9.90 Å². The Morgan fingerprint density at radius 3 is 3.00 bits per heavy atom. The molecule has 0 unspecified atom stereocenters. The van der Waals surface area contributed by atoms with Gasteiger partial charge in [-0.25, -0.2) is 9.78 Å². The molecule has 5 nitrogen and oxygen atoms in total. The molecule has 2 aromatic rings. The lowest BCUT2D eigenvalue weighted by molar-refractivity contribution is 0.0697. The van der Waals surface area contributed by atoms with Crippen LogP contribution < -0.4 is 5.32 Å². The van der Waals surface area contributed by atoms with Gasteiger partial charge in [0.25, 0.3) is 0 Å². The van der Waals surface area contributed by atoms with Crippen LogP contribution in [-0.2, 0) is 0 Å². The number of anilines is 1. The van der Waals surface area contributed by atoms with Gasteiger partial charge in [0.05, 0.1) is 6.54 Å². The second kappa shape index (κ2) is 5.64. The van der Waals surface area contributed by atoms with Crippen molar-refractivity contribution in [3.63, 3.8) is 0 Å². The molecule has 0 fully saturated rings. The molecule has 3 rings (SSSR count). The molecule has 102 valence electrons. The highest BCUT2D eigenvalue weighted by atomic mass is 32.2. The first-order chi connectivity index (χ1) is 9.74. The molecule has 0 aromatic carbocycles. The largest absolute Gasteiger partial charge is 0.478 e. The number of thiophene rings is 1. The number of aromatic nitrogens is 1. The van der Waals surface area contributed by atoms with E-state index in [-0.39, 0.29) is 5.56 Å². The fraction of sp³-hybridized carbons (Fsp3) is 0.154. The van der Waals surface area contributed by atoms with Gasteiger partial charge in [-0.1, -0.05) is 17.8 Å². The van der Waals surface area contributed by atoms with E-state index in [4.69, 9.17) is 0 Å². The third-order valence-electron chi connectivity index (χ3n) is 2.73. The van der Waals surface area contributed by atoms with Gasteiger partial charge in [0.2, 0.25) is 0 Å². The molecule has 2 aromatic heterocycles. The Hall–Kier alpha value is -1.86. The summed E-state index contributed by atoms with van der Waals surface area (Å²) >= 11 is 3.12.